The molecule has 3 N–H and O–H groups in total. The number of urea groups is 1. The Labute approximate surface area is 207 Å². The average Bonchev–Trinajstić information content (AvgIpc) is 3.26. The van der Waals surface area contributed by atoms with Gasteiger partial charge in [-0.15, -0.1) is 11.6 Å². The Balaban J connectivity index is 1.58. The van der Waals surface area contributed by atoms with Crippen LogP contribution in [0.3, 0.4) is 0 Å². The molecule has 1 atom stereocenters. The number of nitrogens with zero attached hydrogens (tertiary/aromatic N) is 3. The molecule has 182 valence electrons. The Morgan fingerprint density at radius 2 is 2.00 bits per heavy atom. The molecule has 0 saturated carbocycles. The van der Waals surface area contributed by atoms with Gasteiger partial charge in [0.2, 0.25) is 0 Å². The van der Waals surface area contributed by atoms with Crippen molar-refractivity contribution in [2.24, 2.45) is 0 Å². The number of halogens is 1. The minimum Gasteiger partial charge on any atom is -0.388 e. The molecule has 4 rings (SSSR count). The number of sulfonamides is 1. The summed E-state index contributed by atoms with van der Waals surface area (Å²) in [5.74, 6) is 0.0666. The summed E-state index contributed by atoms with van der Waals surface area (Å²) in [7, 11) is -2.41. The fourth-order valence-electron chi connectivity index (χ4n) is 3.31. The number of carbonyl (C=O) groups excluding carboxylic acids is 1. The zero-order valence-corrected chi connectivity index (χ0v) is 20.3. The molecule has 12 nitrogen and oxygen atoms in total. The van der Waals surface area contributed by atoms with Crippen molar-refractivity contribution >= 4 is 67.3 Å². The summed E-state index contributed by atoms with van der Waals surface area (Å²) in [6, 6.07) is 6.34. The van der Waals surface area contributed by atoms with Gasteiger partial charge < -0.3 is 10.6 Å². The monoisotopic (exact) mass is 536 g/mol. The molecule has 0 saturated heterocycles. The third-order valence-corrected chi connectivity index (χ3v) is 8.33. The molecule has 1 unspecified atom stereocenters. The van der Waals surface area contributed by atoms with Crippen molar-refractivity contribution in [2.45, 2.75) is 11.1 Å². The van der Waals surface area contributed by atoms with Crippen LogP contribution in [-0.2, 0) is 10.0 Å². The Bertz CT molecular complexity index is 1540. The van der Waals surface area contributed by atoms with Gasteiger partial charge in [0.25, 0.3) is 21.3 Å². The van der Waals surface area contributed by atoms with Crippen LogP contribution in [0.15, 0.2) is 57.8 Å². The Morgan fingerprint density at radius 1 is 1.26 bits per heavy atom. The van der Waals surface area contributed by atoms with Crippen LogP contribution in [0, 0.1) is 10.1 Å². The fourth-order valence-corrected chi connectivity index (χ4v) is 6.17. The van der Waals surface area contributed by atoms with E-state index in [1.54, 1.807) is 13.1 Å². The number of benzene rings is 1. The second kappa shape index (κ2) is 9.56. The zero-order chi connectivity index (χ0) is 25.3. The molecular weight excluding hydrogens is 520 g/mol. The topological polar surface area (TPSA) is 165 Å². The van der Waals surface area contributed by atoms with E-state index in [1.165, 1.54) is 36.5 Å². The third-order valence-electron chi connectivity index (χ3n) is 4.94. The van der Waals surface area contributed by atoms with E-state index in [1.807, 2.05) is 4.72 Å². The second-order valence-electron chi connectivity index (χ2n) is 7.21. The van der Waals surface area contributed by atoms with Crippen LogP contribution in [0.1, 0.15) is 6.42 Å². The molecular formula is C20H17ClN6O6S2. The predicted molar refractivity (Wildman–Crippen MR) is 135 cm³/mol. The molecule has 1 aliphatic rings. The van der Waals surface area contributed by atoms with E-state index in [0.717, 1.165) is 22.5 Å². The number of nitro groups is 1. The Kier molecular flexibility index (Phi) is 6.69. The number of anilines is 2. The largest absolute Gasteiger partial charge is 0.388 e. The highest BCUT2D eigenvalue weighted by Gasteiger charge is 2.28. The number of thioether (sulfide) groups is 1. The fraction of sp³-hybridized carbons (Fsp3) is 0.150. The lowest BCUT2D eigenvalue weighted by Gasteiger charge is -2.11. The van der Waals surface area contributed by atoms with E-state index >= 15 is 0 Å². The lowest BCUT2D eigenvalue weighted by molar-refractivity contribution is -0.383. The molecule has 0 bridgehead atoms. The number of fused-ring (bicyclic) bond motifs is 1. The quantitative estimate of drug-likeness (QED) is 0.243. The SMILES string of the molecule is CNc1ccc2c(=O)n(-c3ccc(NC(=O)NS(=O)(=O)C4=CCC(Cl)S4)cn3)cc([N+](=O)[O-])c2c1. The normalized spacial score (nSPS) is 15.5. The number of carbonyl (C=O) groups is 1. The lowest BCUT2D eigenvalue weighted by atomic mass is 10.1. The van der Waals surface area contributed by atoms with E-state index < -0.39 is 31.2 Å². The van der Waals surface area contributed by atoms with Gasteiger partial charge in [0.1, 0.15) is 10.1 Å². The third kappa shape index (κ3) is 5.08. The first-order valence-corrected chi connectivity index (χ1v) is 12.7. The van der Waals surface area contributed by atoms with Crippen LogP contribution >= 0.6 is 23.4 Å². The molecule has 0 fully saturated rings. The maximum absolute atomic E-state index is 13.0. The van der Waals surface area contributed by atoms with Crippen molar-refractivity contribution in [3.63, 3.8) is 0 Å². The minimum atomic E-state index is -4.06. The van der Waals surface area contributed by atoms with Crippen LogP contribution in [0.2, 0.25) is 0 Å². The summed E-state index contributed by atoms with van der Waals surface area (Å²) >= 11 is 6.80. The van der Waals surface area contributed by atoms with Crippen molar-refractivity contribution < 1.29 is 18.1 Å². The van der Waals surface area contributed by atoms with Gasteiger partial charge >= 0.3 is 6.03 Å². The minimum absolute atomic E-state index is 0.0414. The number of hydrogen-bond donors (Lipinski definition) is 3. The summed E-state index contributed by atoms with van der Waals surface area (Å²) in [4.78, 5) is 40.3. The standard InChI is InChI=1S/C20H17ClN6O6S2/c1-22-11-2-4-13-14(8-11)15(27(30)31)10-26(19(13)28)17-6-3-12(9-23-17)24-20(29)25-35(32,33)18-7-5-16(21)34-18/h2-4,6-10,16,22H,5H2,1H3,(H2,24,25,29). The summed E-state index contributed by atoms with van der Waals surface area (Å²) < 4.78 is 27.0. The van der Waals surface area contributed by atoms with Gasteiger partial charge in [-0.3, -0.25) is 19.5 Å². The molecule has 0 aliphatic carbocycles. The highest BCUT2D eigenvalue weighted by atomic mass is 35.5. The van der Waals surface area contributed by atoms with Crippen molar-refractivity contribution in [3.05, 3.63) is 73.5 Å². The van der Waals surface area contributed by atoms with Crippen LogP contribution in [0.5, 0.6) is 0 Å². The van der Waals surface area contributed by atoms with Gasteiger partial charge in [-0.2, -0.15) is 0 Å². The number of nitrogens with one attached hydrogen (secondary N) is 3. The number of aromatic nitrogens is 2. The second-order valence-corrected chi connectivity index (χ2v) is 11.1. The Morgan fingerprint density at radius 3 is 2.60 bits per heavy atom. The highest BCUT2D eigenvalue weighted by molar-refractivity contribution is 8.19. The molecule has 0 spiro atoms. The molecule has 2 aromatic heterocycles. The molecule has 1 aromatic carbocycles. The van der Waals surface area contributed by atoms with Gasteiger partial charge in [0, 0.05) is 12.7 Å². The molecule has 3 aromatic rings. The highest BCUT2D eigenvalue weighted by Crippen LogP contribution is 2.37. The van der Waals surface area contributed by atoms with Gasteiger partial charge in [0.15, 0.2) is 0 Å². The molecule has 1 aliphatic heterocycles. The molecule has 15 heteroatoms. The maximum atomic E-state index is 13.0. The summed E-state index contributed by atoms with van der Waals surface area (Å²) in [6.07, 6.45) is 4.05. The van der Waals surface area contributed by atoms with Crippen molar-refractivity contribution in [1.29, 1.82) is 0 Å². The van der Waals surface area contributed by atoms with Gasteiger partial charge in [-0.25, -0.2) is 22.9 Å². The van der Waals surface area contributed by atoms with Crippen LogP contribution < -0.4 is 20.9 Å². The van der Waals surface area contributed by atoms with Crippen molar-refractivity contribution in [1.82, 2.24) is 14.3 Å². The maximum Gasteiger partial charge on any atom is 0.333 e. The first-order chi connectivity index (χ1) is 16.6. The number of rotatable bonds is 6. The smallest absolute Gasteiger partial charge is 0.333 e. The van der Waals surface area contributed by atoms with E-state index in [0.29, 0.717) is 12.1 Å². The van der Waals surface area contributed by atoms with Gasteiger partial charge in [-0.05, 0) is 36.8 Å². The number of pyridine rings is 2. The first-order valence-electron chi connectivity index (χ1n) is 9.92. The number of amides is 2. The predicted octanol–water partition coefficient (Wildman–Crippen LogP) is 3.33. The van der Waals surface area contributed by atoms with Gasteiger partial charge in [0.05, 0.1) is 38.5 Å². The van der Waals surface area contributed by atoms with E-state index in [9.17, 15) is 28.1 Å². The van der Waals surface area contributed by atoms with Crippen molar-refractivity contribution in [3.8, 4) is 5.82 Å². The van der Waals surface area contributed by atoms with Gasteiger partial charge in [-0.1, -0.05) is 17.8 Å². The zero-order valence-electron chi connectivity index (χ0n) is 17.9. The molecule has 35 heavy (non-hydrogen) atoms. The first kappa shape index (κ1) is 24.5. The summed E-state index contributed by atoms with van der Waals surface area (Å²) in [5.41, 5.74) is -0.0719. The number of alkyl halides is 1. The number of allylic oxidation sites excluding steroid dienone is 1. The van der Waals surface area contributed by atoms with Crippen LogP contribution in [-0.4, -0.2) is 40.7 Å². The van der Waals surface area contributed by atoms with Crippen LogP contribution in [0.4, 0.5) is 21.9 Å². The summed E-state index contributed by atoms with van der Waals surface area (Å²) in [5, 5.41) is 17.2. The van der Waals surface area contributed by atoms with E-state index in [2.05, 4.69) is 15.6 Å². The van der Waals surface area contributed by atoms with E-state index in [-0.39, 0.29) is 32.2 Å². The number of hydrogen-bond acceptors (Lipinski definition) is 9. The van der Waals surface area contributed by atoms with Crippen LogP contribution in [0.25, 0.3) is 16.6 Å². The lowest BCUT2D eigenvalue weighted by Crippen LogP contribution is -2.34. The average molecular weight is 537 g/mol. The molecule has 3 heterocycles. The summed E-state index contributed by atoms with van der Waals surface area (Å²) in [6.45, 7) is 0. The van der Waals surface area contributed by atoms with Crippen molar-refractivity contribution in [2.75, 3.05) is 17.7 Å². The molecule has 0 radical (unpaired) electrons. The Hall–Kier alpha value is -3.62. The molecule has 2 amide bonds. The van der Waals surface area contributed by atoms with E-state index in [4.69, 9.17) is 11.6 Å².